The van der Waals surface area contributed by atoms with Crippen molar-refractivity contribution in [1.82, 2.24) is 29.7 Å². The maximum Gasteiger partial charge on any atom is 0.338 e. The fourth-order valence-corrected chi connectivity index (χ4v) is 3.46. The Morgan fingerprint density at radius 3 is 2.51 bits per heavy atom. The van der Waals surface area contributed by atoms with Crippen LogP contribution in [-0.2, 0) is 11.3 Å². The second-order valence-corrected chi connectivity index (χ2v) is 8.78. The lowest BCUT2D eigenvalue weighted by molar-refractivity contribution is -0.123. The van der Waals surface area contributed by atoms with Gasteiger partial charge in [0, 0.05) is 6.54 Å². The zero-order valence-corrected chi connectivity index (χ0v) is 21.3. The minimum atomic E-state index is -1.19. The third kappa shape index (κ3) is 7.20. The number of ether oxygens (including phenoxy) is 1. The monoisotopic (exact) mass is 517 g/mol. The first-order chi connectivity index (χ1) is 17.5. The highest BCUT2D eigenvalue weighted by Gasteiger charge is 2.31. The van der Waals surface area contributed by atoms with E-state index in [0.29, 0.717) is 6.61 Å². The number of nitrogen functional groups attached to an aromatic ring is 1. The highest BCUT2D eigenvalue weighted by atomic mass is 16.5. The van der Waals surface area contributed by atoms with Gasteiger partial charge in [-0.25, -0.2) is 14.2 Å². The lowest BCUT2D eigenvalue weighted by atomic mass is 10.0. The SMILES string of the molecule is C#CCn1c(=O)n(C(=O)C(CCCNC(N)=O)NC(=O)C(N)C(C)C)c2c(N)nc(OCCCC)nc21. The van der Waals surface area contributed by atoms with E-state index in [-0.39, 0.29) is 54.8 Å². The molecule has 0 saturated heterocycles. The van der Waals surface area contributed by atoms with E-state index in [9.17, 15) is 19.2 Å². The van der Waals surface area contributed by atoms with Crippen LogP contribution in [0.3, 0.4) is 0 Å². The Balaban J connectivity index is 2.54. The number of nitrogens with two attached hydrogens (primary N) is 3. The average molecular weight is 518 g/mol. The van der Waals surface area contributed by atoms with Crippen LogP contribution in [0.5, 0.6) is 6.01 Å². The van der Waals surface area contributed by atoms with Gasteiger partial charge in [0.15, 0.2) is 11.5 Å². The number of hydrogen-bond acceptors (Lipinski definition) is 9. The number of nitrogens with zero attached hydrogens (tertiary/aromatic N) is 4. The van der Waals surface area contributed by atoms with Crippen LogP contribution in [0.2, 0.25) is 0 Å². The molecule has 37 heavy (non-hydrogen) atoms. The quantitative estimate of drug-likeness (QED) is 0.171. The fraction of sp³-hybridized carbons (Fsp3) is 0.565. The summed E-state index contributed by atoms with van der Waals surface area (Å²) in [6, 6.07) is -2.87. The van der Waals surface area contributed by atoms with Crippen molar-refractivity contribution < 1.29 is 19.1 Å². The molecule has 0 fully saturated rings. The highest BCUT2D eigenvalue weighted by molar-refractivity contribution is 5.98. The molecule has 202 valence electrons. The molecule has 8 N–H and O–H groups in total. The van der Waals surface area contributed by atoms with Gasteiger partial charge in [0.2, 0.25) is 5.91 Å². The number of imidazole rings is 1. The van der Waals surface area contributed by atoms with Crippen molar-refractivity contribution in [1.29, 1.82) is 0 Å². The minimum absolute atomic E-state index is 0.0228. The summed E-state index contributed by atoms with van der Waals surface area (Å²) in [7, 11) is 0. The van der Waals surface area contributed by atoms with E-state index in [2.05, 4.69) is 26.5 Å². The number of anilines is 1. The van der Waals surface area contributed by atoms with Crippen LogP contribution >= 0.6 is 0 Å². The third-order valence-corrected chi connectivity index (χ3v) is 5.58. The molecule has 2 unspecified atom stereocenters. The van der Waals surface area contributed by atoms with Gasteiger partial charge in [-0.3, -0.25) is 14.2 Å². The average Bonchev–Trinajstić information content (AvgIpc) is 3.12. The van der Waals surface area contributed by atoms with Crippen molar-refractivity contribution in [2.24, 2.45) is 17.4 Å². The van der Waals surface area contributed by atoms with Gasteiger partial charge in [0.25, 0.3) is 5.91 Å². The smallest absolute Gasteiger partial charge is 0.338 e. The molecule has 0 saturated carbocycles. The molecule has 0 spiro atoms. The molecule has 14 heteroatoms. The molecular weight excluding hydrogens is 482 g/mol. The number of terminal acetylenes is 1. The number of carbonyl (C=O) groups is 3. The van der Waals surface area contributed by atoms with Crippen LogP contribution < -0.4 is 38.3 Å². The lowest BCUT2D eigenvalue weighted by Gasteiger charge is -2.22. The Labute approximate surface area is 214 Å². The van der Waals surface area contributed by atoms with Crippen molar-refractivity contribution >= 4 is 34.8 Å². The molecule has 2 aromatic rings. The number of fused-ring (bicyclic) bond motifs is 1. The summed E-state index contributed by atoms with van der Waals surface area (Å²) in [5.74, 6) is 0.620. The Bertz CT molecular complexity index is 1230. The molecule has 0 aliphatic carbocycles. The number of amides is 3. The molecule has 0 aromatic carbocycles. The van der Waals surface area contributed by atoms with Crippen molar-refractivity contribution in [3.63, 3.8) is 0 Å². The van der Waals surface area contributed by atoms with E-state index in [0.717, 1.165) is 22.0 Å². The van der Waals surface area contributed by atoms with Crippen LogP contribution in [0.1, 0.15) is 51.2 Å². The second-order valence-electron chi connectivity index (χ2n) is 8.78. The normalized spacial score (nSPS) is 12.6. The van der Waals surface area contributed by atoms with Crippen LogP contribution in [0.4, 0.5) is 10.6 Å². The largest absolute Gasteiger partial charge is 0.463 e. The summed E-state index contributed by atoms with van der Waals surface area (Å²) in [6.45, 7) is 5.79. The van der Waals surface area contributed by atoms with E-state index in [1.807, 2.05) is 6.92 Å². The number of unbranched alkanes of at least 4 members (excludes halogenated alkanes) is 1. The number of urea groups is 1. The van der Waals surface area contributed by atoms with Gasteiger partial charge in [0.05, 0.1) is 19.2 Å². The molecule has 2 atom stereocenters. The zero-order chi connectivity index (χ0) is 27.7. The zero-order valence-electron chi connectivity index (χ0n) is 21.3. The molecule has 2 rings (SSSR count). The van der Waals surface area contributed by atoms with E-state index in [1.165, 1.54) is 0 Å². The topological polar surface area (TPSA) is 215 Å². The van der Waals surface area contributed by atoms with Crippen LogP contribution in [0.25, 0.3) is 11.2 Å². The second kappa shape index (κ2) is 13.3. The number of rotatable bonds is 13. The molecular formula is C23H35N9O5. The van der Waals surface area contributed by atoms with Gasteiger partial charge in [0.1, 0.15) is 11.6 Å². The highest BCUT2D eigenvalue weighted by Crippen LogP contribution is 2.21. The first-order valence-electron chi connectivity index (χ1n) is 12.0. The first-order valence-corrected chi connectivity index (χ1v) is 12.0. The van der Waals surface area contributed by atoms with Crippen LogP contribution in [0, 0.1) is 18.3 Å². The van der Waals surface area contributed by atoms with Crippen molar-refractivity contribution in [2.45, 2.75) is 65.1 Å². The Kier molecular flexibility index (Phi) is 10.4. The van der Waals surface area contributed by atoms with Crippen molar-refractivity contribution in [2.75, 3.05) is 18.9 Å². The molecule has 14 nitrogen and oxygen atoms in total. The van der Waals surface area contributed by atoms with Gasteiger partial charge >= 0.3 is 17.7 Å². The number of aromatic nitrogens is 4. The molecule has 2 heterocycles. The maximum absolute atomic E-state index is 13.7. The third-order valence-electron chi connectivity index (χ3n) is 5.58. The number of primary amides is 1. The number of nitrogens with one attached hydrogen (secondary N) is 2. The Hall–Kier alpha value is -4.12. The Morgan fingerprint density at radius 1 is 1.22 bits per heavy atom. The van der Waals surface area contributed by atoms with Crippen molar-refractivity contribution in [3.8, 4) is 18.4 Å². The number of hydrogen-bond donors (Lipinski definition) is 5. The first kappa shape index (κ1) is 29.1. The summed E-state index contributed by atoms with van der Waals surface area (Å²) in [4.78, 5) is 59.1. The minimum Gasteiger partial charge on any atom is -0.463 e. The molecule has 2 aromatic heterocycles. The molecule has 0 aliphatic rings. The lowest BCUT2D eigenvalue weighted by Crippen LogP contribution is -2.52. The standard InChI is InChI=1S/C23H35N9O5/c1-5-7-12-37-22-29-17(25)16-18(30-22)31(11-6-2)23(36)32(16)20(34)14(9-8-10-27-21(26)35)28-19(33)15(24)13(3)4/h2,13-15H,5,7-12,24H2,1,3-4H3,(H,28,33)(H2,25,29,30)(H3,26,27,35). The fourth-order valence-electron chi connectivity index (χ4n) is 3.46. The Morgan fingerprint density at radius 2 is 1.92 bits per heavy atom. The maximum atomic E-state index is 13.7. The summed E-state index contributed by atoms with van der Waals surface area (Å²) in [5, 5.41) is 5.02. The van der Waals surface area contributed by atoms with Gasteiger partial charge in [-0.2, -0.15) is 9.97 Å². The molecule has 3 amide bonds. The summed E-state index contributed by atoms with van der Waals surface area (Å²) in [6.07, 6.45) is 7.40. The van der Waals surface area contributed by atoms with E-state index in [4.69, 9.17) is 28.4 Å². The van der Waals surface area contributed by atoms with Crippen LogP contribution in [-0.4, -0.2) is 62.2 Å². The predicted octanol–water partition coefficient (Wildman–Crippen LogP) is -0.456. The summed E-state index contributed by atoms with van der Waals surface area (Å²) in [5.41, 5.74) is 16.4. The van der Waals surface area contributed by atoms with Gasteiger partial charge in [-0.1, -0.05) is 33.1 Å². The molecule has 0 radical (unpaired) electrons. The van der Waals surface area contributed by atoms with Gasteiger partial charge in [-0.05, 0) is 25.2 Å². The van der Waals surface area contributed by atoms with E-state index in [1.54, 1.807) is 13.8 Å². The summed E-state index contributed by atoms with van der Waals surface area (Å²) >= 11 is 0. The van der Waals surface area contributed by atoms with Crippen LogP contribution in [0.15, 0.2) is 4.79 Å². The van der Waals surface area contributed by atoms with Gasteiger partial charge < -0.3 is 32.6 Å². The van der Waals surface area contributed by atoms with E-state index >= 15 is 0 Å². The summed E-state index contributed by atoms with van der Waals surface area (Å²) < 4.78 is 7.43. The van der Waals surface area contributed by atoms with E-state index < -0.39 is 35.6 Å². The van der Waals surface area contributed by atoms with Crippen molar-refractivity contribution in [3.05, 3.63) is 10.5 Å². The number of carbonyl (C=O) groups excluding carboxylic acids is 3. The molecule has 0 aliphatic heterocycles. The molecule has 0 bridgehead atoms. The van der Waals surface area contributed by atoms with Gasteiger partial charge in [-0.15, -0.1) is 6.42 Å². The predicted molar refractivity (Wildman–Crippen MR) is 138 cm³/mol.